The normalized spacial score (nSPS) is 24.0. The molecule has 12 heavy (non-hydrogen) atoms. The van der Waals surface area contributed by atoms with Crippen molar-refractivity contribution in [2.75, 3.05) is 27.7 Å². The van der Waals surface area contributed by atoms with Crippen LogP contribution in [0.15, 0.2) is 11.3 Å². The Morgan fingerprint density at radius 2 is 2.00 bits per heavy atom. The topological polar surface area (TPSA) is 6.48 Å². The number of likely N-dealkylation sites (tertiary alicyclic amines) is 1. The Kier molecular flexibility index (Phi) is 2.78. The fraction of sp³-hybridized carbons (Fsp3) is 0.800. The number of allylic oxidation sites excluding steroid dienone is 1. The third kappa shape index (κ3) is 1.81. The van der Waals surface area contributed by atoms with Gasteiger partial charge in [0.05, 0.1) is 0 Å². The number of likely N-dealkylation sites (N-methyl/N-ethyl adjacent to an activating group) is 2. The molecule has 1 unspecified atom stereocenters. The highest BCUT2D eigenvalue weighted by atomic mass is 15.2. The lowest BCUT2D eigenvalue weighted by Gasteiger charge is -2.18. The number of hydrogen-bond acceptors (Lipinski definition) is 2. The molecule has 0 aromatic rings. The van der Waals surface area contributed by atoms with Gasteiger partial charge in [0, 0.05) is 31.8 Å². The van der Waals surface area contributed by atoms with E-state index in [4.69, 9.17) is 0 Å². The first-order chi connectivity index (χ1) is 5.52. The molecule has 1 rings (SSSR count). The smallest absolute Gasteiger partial charge is 0.0331 e. The number of hydrogen-bond donors (Lipinski definition) is 0. The van der Waals surface area contributed by atoms with Crippen LogP contribution >= 0.6 is 0 Å². The first-order valence-corrected chi connectivity index (χ1v) is 4.56. The molecule has 1 fully saturated rings. The van der Waals surface area contributed by atoms with E-state index in [0.29, 0.717) is 6.04 Å². The summed E-state index contributed by atoms with van der Waals surface area (Å²) in [7, 11) is 6.50. The zero-order valence-corrected chi connectivity index (χ0v) is 8.89. The summed E-state index contributed by atoms with van der Waals surface area (Å²) in [6.45, 7) is 5.57. The van der Waals surface area contributed by atoms with Crippen molar-refractivity contribution in [2.24, 2.45) is 0 Å². The van der Waals surface area contributed by atoms with Crippen molar-refractivity contribution in [2.45, 2.75) is 26.3 Å². The second-order valence-electron chi connectivity index (χ2n) is 4.15. The van der Waals surface area contributed by atoms with Crippen LogP contribution in [0, 0.1) is 0 Å². The molecule has 0 saturated carbocycles. The highest BCUT2D eigenvalue weighted by molar-refractivity contribution is 5.15. The SMILES string of the molecule is CC(C)=C1CC(N(C)C)CN1C. The molecule has 0 spiro atoms. The first-order valence-electron chi connectivity index (χ1n) is 4.56. The van der Waals surface area contributed by atoms with Gasteiger partial charge in [0.25, 0.3) is 0 Å². The molecule has 1 heterocycles. The Morgan fingerprint density at radius 3 is 2.25 bits per heavy atom. The second-order valence-corrected chi connectivity index (χ2v) is 4.15. The highest BCUT2D eigenvalue weighted by Crippen LogP contribution is 2.24. The van der Waals surface area contributed by atoms with Gasteiger partial charge in [-0.25, -0.2) is 0 Å². The quantitative estimate of drug-likeness (QED) is 0.586. The van der Waals surface area contributed by atoms with Gasteiger partial charge in [-0.3, -0.25) is 0 Å². The summed E-state index contributed by atoms with van der Waals surface area (Å²) in [6, 6.07) is 0.708. The largest absolute Gasteiger partial charge is 0.376 e. The average molecular weight is 168 g/mol. The predicted molar refractivity (Wildman–Crippen MR) is 53.1 cm³/mol. The van der Waals surface area contributed by atoms with E-state index in [-0.39, 0.29) is 0 Å². The van der Waals surface area contributed by atoms with E-state index < -0.39 is 0 Å². The predicted octanol–water partition coefficient (Wildman–Crippen LogP) is 1.55. The maximum atomic E-state index is 2.38. The van der Waals surface area contributed by atoms with Gasteiger partial charge in [0.15, 0.2) is 0 Å². The van der Waals surface area contributed by atoms with Gasteiger partial charge in [-0.15, -0.1) is 0 Å². The Morgan fingerprint density at radius 1 is 1.42 bits per heavy atom. The Labute approximate surface area is 75.8 Å². The summed E-state index contributed by atoms with van der Waals surface area (Å²) in [6.07, 6.45) is 1.21. The van der Waals surface area contributed by atoms with Gasteiger partial charge >= 0.3 is 0 Å². The summed E-state index contributed by atoms with van der Waals surface area (Å²) in [5, 5.41) is 0. The first kappa shape index (κ1) is 9.59. The van der Waals surface area contributed by atoms with Crippen LogP contribution in [0.5, 0.6) is 0 Å². The molecular weight excluding hydrogens is 148 g/mol. The highest BCUT2D eigenvalue weighted by Gasteiger charge is 2.25. The van der Waals surface area contributed by atoms with E-state index in [1.54, 1.807) is 0 Å². The van der Waals surface area contributed by atoms with E-state index in [9.17, 15) is 0 Å². The van der Waals surface area contributed by atoms with E-state index in [1.165, 1.54) is 24.2 Å². The van der Waals surface area contributed by atoms with Crippen molar-refractivity contribution < 1.29 is 0 Å². The van der Waals surface area contributed by atoms with Gasteiger partial charge in [0.1, 0.15) is 0 Å². The zero-order chi connectivity index (χ0) is 9.30. The summed E-state index contributed by atoms with van der Waals surface area (Å²) in [5.74, 6) is 0. The van der Waals surface area contributed by atoms with E-state index in [0.717, 1.165) is 0 Å². The Bertz CT molecular complexity index is 190. The second kappa shape index (κ2) is 3.48. The van der Waals surface area contributed by atoms with Crippen LogP contribution in [0.3, 0.4) is 0 Å². The zero-order valence-electron chi connectivity index (χ0n) is 8.89. The third-order valence-electron chi connectivity index (χ3n) is 2.68. The molecule has 2 heteroatoms. The molecule has 70 valence electrons. The minimum absolute atomic E-state index is 0.708. The molecule has 0 aliphatic carbocycles. The van der Waals surface area contributed by atoms with Gasteiger partial charge in [-0.1, -0.05) is 5.57 Å². The average Bonchev–Trinajstić information content (AvgIpc) is 2.30. The lowest BCUT2D eigenvalue weighted by molar-refractivity contribution is 0.290. The van der Waals surface area contributed by atoms with Crippen LogP contribution in [0.4, 0.5) is 0 Å². The Hall–Kier alpha value is -0.500. The monoisotopic (exact) mass is 168 g/mol. The molecule has 0 aromatic carbocycles. The molecule has 1 aliphatic rings. The van der Waals surface area contributed by atoms with E-state index in [2.05, 4.69) is 44.8 Å². The molecule has 1 atom stereocenters. The van der Waals surface area contributed by atoms with Crippen LogP contribution in [0.2, 0.25) is 0 Å². The summed E-state index contributed by atoms with van der Waals surface area (Å²) in [4.78, 5) is 4.69. The summed E-state index contributed by atoms with van der Waals surface area (Å²) >= 11 is 0. The molecule has 0 N–H and O–H groups in total. The van der Waals surface area contributed by atoms with Crippen molar-refractivity contribution in [3.05, 3.63) is 11.3 Å². The molecule has 1 aliphatic heterocycles. The number of nitrogens with zero attached hydrogens (tertiary/aromatic N) is 2. The molecule has 2 nitrogen and oxygen atoms in total. The minimum Gasteiger partial charge on any atom is -0.376 e. The van der Waals surface area contributed by atoms with Gasteiger partial charge < -0.3 is 9.80 Å². The van der Waals surface area contributed by atoms with Crippen LogP contribution in [-0.4, -0.2) is 43.5 Å². The molecule has 0 radical (unpaired) electrons. The summed E-state index contributed by atoms with van der Waals surface area (Å²) < 4.78 is 0. The molecule has 0 aromatic heterocycles. The van der Waals surface area contributed by atoms with Crippen LogP contribution in [0.25, 0.3) is 0 Å². The number of rotatable bonds is 1. The Balaban J connectivity index is 2.69. The maximum absolute atomic E-state index is 2.38. The molecule has 0 bridgehead atoms. The standard InChI is InChI=1S/C10H20N2/c1-8(2)10-6-9(11(3)4)7-12(10)5/h9H,6-7H2,1-5H3. The molecular formula is C10H20N2. The fourth-order valence-electron chi connectivity index (χ4n) is 1.80. The van der Waals surface area contributed by atoms with Crippen molar-refractivity contribution in [3.8, 4) is 0 Å². The van der Waals surface area contributed by atoms with Crippen molar-refractivity contribution in [1.82, 2.24) is 9.80 Å². The van der Waals surface area contributed by atoms with Gasteiger partial charge in [0.2, 0.25) is 0 Å². The van der Waals surface area contributed by atoms with Crippen molar-refractivity contribution in [3.63, 3.8) is 0 Å². The summed E-state index contributed by atoms with van der Waals surface area (Å²) in [5.41, 5.74) is 2.98. The lowest BCUT2D eigenvalue weighted by Crippen LogP contribution is -2.30. The van der Waals surface area contributed by atoms with E-state index in [1.807, 2.05) is 0 Å². The van der Waals surface area contributed by atoms with E-state index >= 15 is 0 Å². The van der Waals surface area contributed by atoms with Crippen molar-refractivity contribution >= 4 is 0 Å². The van der Waals surface area contributed by atoms with Crippen LogP contribution in [0.1, 0.15) is 20.3 Å². The maximum Gasteiger partial charge on any atom is 0.0331 e. The fourth-order valence-corrected chi connectivity index (χ4v) is 1.80. The minimum atomic E-state index is 0.708. The third-order valence-corrected chi connectivity index (χ3v) is 2.68. The lowest BCUT2D eigenvalue weighted by atomic mass is 10.1. The van der Waals surface area contributed by atoms with Gasteiger partial charge in [-0.05, 0) is 27.9 Å². The van der Waals surface area contributed by atoms with Crippen LogP contribution in [-0.2, 0) is 0 Å². The van der Waals surface area contributed by atoms with Crippen LogP contribution < -0.4 is 0 Å². The van der Waals surface area contributed by atoms with Crippen molar-refractivity contribution in [1.29, 1.82) is 0 Å². The molecule has 0 amide bonds. The van der Waals surface area contributed by atoms with Gasteiger partial charge in [-0.2, -0.15) is 0 Å². The molecule has 1 saturated heterocycles.